The number of hydrogen-bond donors (Lipinski definition) is 0. The number of methoxy groups -OCH3 is 1. The number of esters is 3. The Kier molecular flexibility index (Phi) is 5.80. The Balaban J connectivity index is 1.99. The van der Waals surface area contributed by atoms with E-state index in [4.69, 9.17) is 13.7 Å². The van der Waals surface area contributed by atoms with E-state index in [9.17, 15) is 22.8 Å². The van der Waals surface area contributed by atoms with Crippen molar-refractivity contribution in [3.8, 4) is 0 Å². The molecule has 11 heteroatoms. The zero-order valence-corrected chi connectivity index (χ0v) is 14.4. The first-order valence-corrected chi connectivity index (χ1v) is 8.77. The summed E-state index contributed by atoms with van der Waals surface area (Å²) in [4.78, 5) is 34.3. The zero-order valence-electron chi connectivity index (χ0n) is 13.6. The lowest BCUT2D eigenvalue weighted by Crippen LogP contribution is -2.44. The number of hydrogen-bond acceptors (Lipinski definition) is 10. The molecule has 0 radical (unpaired) electrons. The average molecular weight is 378 g/mol. The fraction of sp³-hybridized carbons (Fsp3) is 0.643. The third-order valence-electron chi connectivity index (χ3n) is 3.59. The maximum Gasteiger partial charge on any atom is 0.345 e. The molecule has 2 aliphatic rings. The Labute approximate surface area is 144 Å². The van der Waals surface area contributed by atoms with E-state index < -0.39 is 58.4 Å². The minimum atomic E-state index is -4.26. The fourth-order valence-electron chi connectivity index (χ4n) is 2.41. The highest BCUT2D eigenvalue weighted by atomic mass is 32.2. The molecule has 4 unspecified atom stereocenters. The summed E-state index contributed by atoms with van der Waals surface area (Å²) in [6.07, 6.45) is -2.73. The van der Waals surface area contributed by atoms with Crippen LogP contribution in [-0.4, -0.2) is 63.8 Å². The molecule has 25 heavy (non-hydrogen) atoms. The molecule has 0 aliphatic carbocycles. The molecule has 0 aromatic rings. The molecule has 0 amide bonds. The van der Waals surface area contributed by atoms with Crippen LogP contribution in [0.2, 0.25) is 0 Å². The first kappa shape index (κ1) is 19.3. The summed E-state index contributed by atoms with van der Waals surface area (Å²) in [5.74, 6) is -2.47. The van der Waals surface area contributed by atoms with Gasteiger partial charge >= 0.3 is 28.0 Å². The van der Waals surface area contributed by atoms with Gasteiger partial charge in [0.15, 0.2) is 6.61 Å². The van der Waals surface area contributed by atoms with Crippen molar-refractivity contribution in [2.75, 3.05) is 13.7 Å². The zero-order chi connectivity index (χ0) is 18.8. The molecule has 2 fully saturated rings. The highest BCUT2D eigenvalue weighted by Crippen LogP contribution is 2.37. The predicted molar refractivity (Wildman–Crippen MR) is 79.4 cm³/mol. The molecular formula is C14H18O10S. The largest absolute Gasteiger partial charge is 0.469 e. The van der Waals surface area contributed by atoms with Gasteiger partial charge in [0.05, 0.1) is 19.6 Å². The van der Waals surface area contributed by atoms with E-state index in [1.165, 1.54) is 14.0 Å². The third kappa shape index (κ3) is 4.55. The SMILES string of the molecule is C=C(C)C(=O)OCC(=O)OC1C2CC(OS1(=O)=O)C(CC(=O)OC)O2. The third-order valence-corrected chi connectivity index (χ3v) is 5.07. The van der Waals surface area contributed by atoms with Crippen molar-refractivity contribution >= 4 is 28.0 Å². The van der Waals surface area contributed by atoms with Crippen molar-refractivity contribution in [2.24, 2.45) is 0 Å². The van der Waals surface area contributed by atoms with Gasteiger partial charge in [-0.1, -0.05) is 6.58 Å². The maximum absolute atomic E-state index is 12.1. The summed E-state index contributed by atoms with van der Waals surface area (Å²) < 4.78 is 48.6. The second-order valence-corrected chi connectivity index (χ2v) is 7.21. The van der Waals surface area contributed by atoms with Gasteiger partial charge in [0.25, 0.3) is 5.44 Å². The van der Waals surface area contributed by atoms with Crippen LogP contribution < -0.4 is 0 Å². The van der Waals surface area contributed by atoms with Crippen LogP contribution in [0.1, 0.15) is 19.8 Å². The molecule has 4 atom stereocenters. The lowest BCUT2D eigenvalue weighted by Gasteiger charge is -2.26. The molecule has 0 aromatic carbocycles. The van der Waals surface area contributed by atoms with Crippen LogP contribution in [-0.2, 0) is 47.6 Å². The van der Waals surface area contributed by atoms with E-state index in [0.29, 0.717) is 0 Å². The van der Waals surface area contributed by atoms with E-state index in [1.54, 1.807) is 0 Å². The Morgan fingerprint density at radius 3 is 2.48 bits per heavy atom. The minimum Gasteiger partial charge on any atom is -0.469 e. The van der Waals surface area contributed by atoms with E-state index in [0.717, 1.165) is 0 Å². The molecular weight excluding hydrogens is 360 g/mol. The minimum absolute atomic E-state index is 0.0778. The van der Waals surface area contributed by atoms with Gasteiger partial charge in [-0.3, -0.25) is 8.98 Å². The Bertz CT molecular complexity index is 682. The van der Waals surface area contributed by atoms with Crippen LogP contribution >= 0.6 is 0 Å². The van der Waals surface area contributed by atoms with Gasteiger partial charge in [0.1, 0.15) is 12.2 Å². The number of carbonyl (C=O) groups is 3. The van der Waals surface area contributed by atoms with Crippen LogP contribution in [0, 0.1) is 0 Å². The molecule has 2 bridgehead atoms. The quantitative estimate of drug-likeness (QED) is 0.256. The number of ether oxygens (including phenoxy) is 4. The summed E-state index contributed by atoms with van der Waals surface area (Å²) in [5, 5.41) is 0. The van der Waals surface area contributed by atoms with Crippen molar-refractivity contribution in [3.63, 3.8) is 0 Å². The highest BCUT2D eigenvalue weighted by Gasteiger charge is 2.54. The summed E-state index contributed by atoms with van der Waals surface area (Å²) in [5.41, 5.74) is -1.63. The molecule has 0 aromatic heterocycles. The number of fused-ring (bicyclic) bond motifs is 2. The average Bonchev–Trinajstić information content (AvgIpc) is 2.86. The molecule has 2 heterocycles. The summed E-state index contributed by atoms with van der Waals surface area (Å²) in [7, 11) is -3.07. The summed E-state index contributed by atoms with van der Waals surface area (Å²) in [6.45, 7) is 3.95. The molecule has 0 spiro atoms. The van der Waals surface area contributed by atoms with Crippen LogP contribution in [0.3, 0.4) is 0 Å². The topological polar surface area (TPSA) is 132 Å². The van der Waals surface area contributed by atoms with Crippen molar-refractivity contribution in [3.05, 3.63) is 12.2 Å². The highest BCUT2D eigenvalue weighted by molar-refractivity contribution is 7.87. The van der Waals surface area contributed by atoms with Gasteiger partial charge in [-0.2, -0.15) is 8.42 Å². The van der Waals surface area contributed by atoms with Gasteiger partial charge in [-0.15, -0.1) is 0 Å². The van der Waals surface area contributed by atoms with Gasteiger partial charge in [-0.25, -0.2) is 9.59 Å². The maximum atomic E-state index is 12.1. The monoisotopic (exact) mass is 378 g/mol. The van der Waals surface area contributed by atoms with Crippen molar-refractivity contribution < 1.29 is 45.9 Å². The normalized spacial score (nSPS) is 29.5. The fourth-order valence-corrected chi connectivity index (χ4v) is 3.84. The smallest absolute Gasteiger partial charge is 0.345 e. The Morgan fingerprint density at radius 2 is 1.88 bits per heavy atom. The van der Waals surface area contributed by atoms with Gasteiger partial charge in [-0.05, 0) is 6.92 Å². The van der Waals surface area contributed by atoms with E-state index in [-0.39, 0.29) is 18.4 Å². The molecule has 2 saturated heterocycles. The van der Waals surface area contributed by atoms with Crippen LogP contribution in [0.5, 0.6) is 0 Å². The lowest BCUT2D eigenvalue weighted by molar-refractivity contribution is -0.162. The lowest BCUT2D eigenvalue weighted by atomic mass is 10.1. The molecule has 0 saturated carbocycles. The van der Waals surface area contributed by atoms with Crippen molar-refractivity contribution in [1.82, 2.24) is 0 Å². The molecule has 2 aliphatic heterocycles. The van der Waals surface area contributed by atoms with Crippen molar-refractivity contribution in [2.45, 2.75) is 43.5 Å². The number of rotatable bonds is 6. The summed E-state index contributed by atoms with van der Waals surface area (Å²) in [6, 6.07) is 0. The van der Waals surface area contributed by atoms with E-state index in [2.05, 4.69) is 16.1 Å². The molecule has 10 nitrogen and oxygen atoms in total. The standard InChI is InChI=1S/C14H18O10S/c1-7(2)13(17)21-6-12(16)23-14-10-4-9(24-25(14,18)19)8(22-10)5-11(15)20-3/h8-10,14H,1,4-6H2,2-3H3. The van der Waals surface area contributed by atoms with Crippen LogP contribution in [0.25, 0.3) is 0 Å². The first-order chi connectivity index (χ1) is 11.6. The number of carbonyl (C=O) groups excluding carboxylic acids is 3. The van der Waals surface area contributed by atoms with Crippen LogP contribution in [0.4, 0.5) is 0 Å². The Morgan fingerprint density at radius 1 is 1.20 bits per heavy atom. The molecule has 140 valence electrons. The second kappa shape index (κ2) is 7.50. The second-order valence-electron chi connectivity index (χ2n) is 5.57. The first-order valence-electron chi connectivity index (χ1n) is 7.30. The van der Waals surface area contributed by atoms with Gasteiger partial charge < -0.3 is 18.9 Å². The molecule has 0 N–H and O–H groups in total. The van der Waals surface area contributed by atoms with Crippen LogP contribution in [0.15, 0.2) is 12.2 Å². The van der Waals surface area contributed by atoms with E-state index >= 15 is 0 Å². The molecule has 2 rings (SSSR count). The van der Waals surface area contributed by atoms with Gasteiger partial charge in [0.2, 0.25) is 0 Å². The van der Waals surface area contributed by atoms with Gasteiger partial charge in [0, 0.05) is 12.0 Å². The summed E-state index contributed by atoms with van der Waals surface area (Å²) >= 11 is 0. The van der Waals surface area contributed by atoms with E-state index in [1.807, 2.05) is 0 Å². The predicted octanol–water partition coefficient (Wildman–Crippen LogP) is -0.576. The Hall–Kier alpha value is -1.98. The van der Waals surface area contributed by atoms with Crippen molar-refractivity contribution in [1.29, 1.82) is 0 Å².